The minimum Gasteiger partial charge on any atom is -0.461 e. The Kier molecular flexibility index (Phi) is 7.13. The Morgan fingerprint density at radius 1 is 0.646 bits per heavy atom. The van der Waals surface area contributed by atoms with Crippen molar-refractivity contribution < 1.29 is 4.74 Å². The third kappa shape index (κ3) is 5.00. The highest BCUT2D eigenvalue weighted by Gasteiger charge is 2.20. The van der Waals surface area contributed by atoms with Crippen molar-refractivity contribution in [2.75, 3.05) is 0 Å². The number of fused-ring (bicyclic) bond motifs is 7. The summed E-state index contributed by atoms with van der Waals surface area (Å²) in [5.74, 6) is 1.96. The van der Waals surface area contributed by atoms with Crippen LogP contribution in [0.4, 0.5) is 0 Å². The maximum absolute atomic E-state index is 6.48. The van der Waals surface area contributed by atoms with Crippen molar-refractivity contribution in [1.29, 1.82) is 0 Å². The molecular weight excluding hydrogens is 601 g/mol. The predicted molar refractivity (Wildman–Crippen MR) is 209 cm³/mol. The van der Waals surface area contributed by atoms with E-state index < -0.39 is 0 Å². The molecule has 2 aliphatic rings. The molecule has 0 N–H and O–H groups in total. The molecule has 0 atom stereocenters. The van der Waals surface area contributed by atoms with Crippen molar-refractivity contribution in [1.82, 2.24) is 0 Å². The normalized spacial score (nSPS) is 17.0. The molecule has 232 valence electrons. The second kappa shape index (κ2) is 11.8. The van der Waals surface area contributed by atoms with Crippen LogP contribution in [-0.2, 0) is 6.42 Å². The predicted octanol–water partition coefficient (Wildman–Crippen LogP) is 13.5. The first-order valence-electron chi connectivity index (χ1n) is 17.0. The Morgan fingerprint density at radius 3 is 1.94 bits per heavy atom. The summed E-state index contributed by atoms with van der Waals surface area (Å²) in [7, 11) is 0. The van der Waals surface area contributed by atoms with Crippen LogP contribution in [0.2, 0.25) is 0 Å². The minimum atomic E-state index is 0.798. The molecule has 1 aliphatic heterocycles. The summed E-state index contributed by atoms with van der Waals surface area (Å²) in [5.41, 5.74) is 7.80. The SMILES string of the molecule is C/C(=C\C=C1\C=CCCC1)c1c2ccccc2c(/C(C)=C/C=C2\Cc3cc4cc5c(cc4cc3O2)sc2ccccc25)c2ccccc12. The monoisotopic (exact) mass is 636 g/mol. The summed E-state index contributed by atoms with van der Waals surface area (Å²) in [5, 5.41) is 10.3. The van der Waals surface area contributed by atoms with Gasteiger partial charge in [-0.05, 0) is 130 Å². The third-order valence-electron chi connectivity index (χ3n) is 10.1. The van der Waals surface area contributed by atoms with Crippen LogP contribution in [0, 0.1) is 0 Å². The average Bonchev–Trinajstić information content (AvgIpc) is 3.70. The van der Waals surface area contributed by atoms with E-state index in [1.807, 2.05) is 11.3 Å². The highest BCUT2D eigenvalue weighted by atomic mass is 32.1. The van der Waals surface area contributed by atoms with E-state index in [4.69, 9.17) is 4.74 Å². The zero-order valence-corrected chi connectivity index (χ0v) is 28.2. The third-order valence-corrected chi connectivity index (χ3v) is 11.2. The molecule has 48 heavy (non-hydrogen) atoms. The Balaban J connectivity index is 1.09. The van der Waals surface area contributed by atoms with Crippen molar-refractivity contribution >= 4 is 75.0 Å². The maximum atomic E-state index is 6.48. The zero-order chi connectivity index (χ0) is 32.2. The molecule has 1 nitrogen and oxygen atoms in total. The smallest absolute Gasteiger partial charge is 0.131 e. The van der Waals surface area contributed by atoms with E-state index in [0.29, 0.717) is 0 Å². The summed E-state index contributed by atoms with van der Waals surface area (Å²) in [6.45, 7) is 4.50. The Morgan fingerprint density at radius 2 is 1.27 bits per heavy atom. The van der Waals surface area contributed by atoms with Gasteiger partial charge in [0.15, 0.2) is 0 Å². The fraction of sp³-hybridized carbons (Fsp3) is 0.130. The molecule has 7 aromatic rings. The molecule has 0 bridgehead atoms. The number of rotatable bonds is 4. The molecule has 0 unspecified atom stereocenters. The van der Waals surface area contributed by atoms with Gasteiger partial charge in [-0.3, -0.25) is 0 Å². The zero-order valence-electron chi connectivity index (χ0n) is 27.3. The van der Waals surface area contributed by atoms with E-state index in [1.54, 1.807) is 0 Å². The van der Waals surface area contributed by atoms with Gasteiger partial charge in [-0.25, -0.2) is 0 Å². The van der Waals surface area contributed by atoms with Crippen LogP contribution in [0.25, 0.3) is 63.6 Å². The molecule has 1 aliphatic carbocycles. The van der Waals surface area contributed by atoms with Gasteiger partial charge < -0.3 is 4.74 Å². The molecule has 2 heteroatoms. The molecule has 0 saturated carbocycles. The number of thiophene rings is 1. The van der Waals surface area contributed by atoms with Gasteiger partial charge in [0.1, 0.15) is 11.5 Å². The van der Waals surface area contributed by atoms with Crippen molar-refractivity contribution in [3.8, 4) is 5.75 Å². The molecule has 1 aromatic heterocycles. The molecule has 0 radical (unpaired) electrons. The maximum Gasteiger partial charge on any atom is 0.131 e. The van der Waals surface area contributed by atoms with E-state index in [2.05, 4.69) is 147 Å². The van der Waals surface area contributed by atoms with Crippen molar-refractivity contribution in [3.63, 3.8) is 0 Å². The lowest BCUT2D eigenvalue weighted by atomic mass is 9.86. The summed E-state index contributed by atoms with van der Waals surface area (Å²) in [4.78, 5) is 0. The topological polar surface area (TPSA) is 9.23 Å². The average molecular weight is 637 g/mol. The Bertz CT molecular complexity index is 2540. The molecular formula is C46H36OS. The molecule has 0 fully saturated rings. The van der Waals surface area contributed by atoms with Crippen molar-refractivity contribution in [2.45, 2.75) is 39.5 Å². The lowest BCUT2D eigenvalue weighted by Crippen LogP contribution is -1.94. The second-order valence-electron chi connectivity index (χ2n) is 13.2. The van der Waals surface area contributed by atoms with Gasteiger partial charge in [-0.2, -0.15) is 0 Å². The van der Waals surface area contributed by atoms with Crippen LogP contribution in [0.1, 0.15) is 49.8 Å². The van der Waals surface area contributed by atoms with Gasteiger partial charge in [0.2, 0.25) is 0 Å². The molecule has 0 saturated heterocycles. The van der Waals surface area contributed by atoms with Crippen molar-refractivity contribution in [2.24, 2.45) is 0 Å². The lowest BCUT2D eigenvalue weighted by molar-refractivity contribution is 0.447. The quantitative estimate of drug-likeness (QED) is 0.175. The van der Waals surface area contributed by atoms with Gasteiger partial charge in [0.05, 0.1) is 0 Å². The van der Waals surface area contributed by atoms with Crippen LogP contribution in [0.5, 0.6) is 5.75 Å². The minimum absolute atomic E-state index is 0.798. The number of hydrogen-bond donors (Lipinski definition) is 0. The lowest BCUT2D eigenvalue weighted by Gasteiger charge is -2.18. The highest BCUT2D eigenvalue weighted by molar-refractivity contribution is 7.25. The van der Waals surface area contributed by atoms with Gasteiger partial charge in [0, 0.05) is 32.2 Å². The van der Waals surface area contributed by atoms with Gasteiger partial charge in [-0.1, -0.05) is 97.1 Å². The highest BCUT2D eigenvalue weighted by Crippen LogP contribution is 2.42. The van der Waals surface area contributed by atoms with Crippen LogP contribution in [0.15, 0.2) is 145 Å². The standard InChI is InChI=1S/C46H36OS/c1-29(20-22-31-12-4-3-5-13-31)45-37-15-6-8-17-39(37)46(40-18-9-7-16-38(40)45)30(2)21-23-35-25-34-24-32-26-41-36-14-10-11-19-43(36)48-44(41)28-33(32)27-42(34)47-35/h4,6-12,14-24,26-28H,3,5,13,25H2,1-2H3/b29-20+,30-21+,31-22-,35-23+. The van der Waals surface area contributed by atoms with Crippen molar-refractivity contribution in [3.05, 3.63) is 162 Å². The van der Waals surface area contributed by atoms with Gasteiger partial charge >= 0.3 is 0 Å². The van der Waals surface area contributed by atoms with E-state index in [0.717, 1.165) is 24.4 Å². The molecule has 2 heterocycles. The Hall–Kier alpha value is -5.18. The molecule has 0 amide bonds. The first kappa shape index (κ1) is 29.0. The van der Waals surface area contributed by atoms with E-state index >= 15 is 0 Å². The van der Waals surface area contributed by atoms with Crippen LogP contribution in [-0.4, -0.2) is 0 Å². The molecule has 0 spiro atoms. The van der Waals surface area contributed by atoms with Gasteiger partial charge in [-0.15, -0.1) is 11.3 Å². The largest absolute Gasteiger partial charge is 0.461 e. The number of ether oxygens (including phenoxy) is 1. The van der Waals surface area contributed by atoms with Crippen LogP contribution in [0.3, 0.4) is 0 Å². The van der Waals surface area contributed by atoms with E-state index in [1.165, 1.54) is 98.7 Å². The summed E-state index contributed by atoms with van der Waals surface area (Å²) < 4.78 is 9.14. The number of hydrogen-bond acceptors (Lipinski definition) is 2. The number of benzene rings is 6. The first-order valence-corrected chi connectivity index (χ1v) is 17.8. The summed E-state index contributed by atoms with van der Waals surface area (Å²) in [6.07, 6.45) is 18.0. The van der Waals surface area contributed by atoms with Crippen LogP contribution < -0.4 is 4.74 Å². The van der Waals surface area contributed by atoms with Gasteiger partial charge in [0.25, 0.3) is 0 Å². The molecule has 6 aromatic carbocycles. The fourth-order valence-corrected chi connectivity index (χ4v) is 8.85. The summed E-state index contributed by atoms with van der Waals surface area (Å²) in [6, 6.07) is 35.7. The fourth-order valence-electron chi connectivity index (χ4n) is 7.71. The van der Waals surface area contributed by atoms with E-state index in [9.17, 15) is 0 Å². The second-order valence-corrected chi connectivity index (χ2v) is 14.3. The van der Waals surface area contributed by atoms with E-state index in [-0.39, 0.29) is 0 Å². The number of allylic oxidation sites excluding steroid dienone is 10. The summed E-state index contributed by atoms with van der Waals surface area (Å²) >= 11 is 1.86. The molecule has 9 rings (SSSR count). The first-order chi connectivity index (χ1) is 23.6. The Labute approximate surface area is 285 Å². The van der Waals surface area contributed by atoms with Crippen LogP contribution >= 0.6 is 11.3 Å².